The monoisotopic (exact) mass is 249 g/mol. The predicted molar refractivity (Wildman–Crippen MR) is 66.0 cm³/mol. The summed E-state index contributed by atoms with van der Waals surface area (Å²) in [4.78, 5) is 2.04. The van der Waals surface area contributed by atoms with Crippen LogP contribution in [0.4, 0.5) is 0 Å². The molecule has 1 saturated carbocycles. The fraction of sp³-hybridized carbons (Fsp3) is 1.00. The average Bonchev–Trinajstić information content (AvgIpc) is 2.96. The molecule has 1 aliphatic carbocycles. The van der Waals surface area contributed by atoms with Gasteiger partial charge in [-0.25, -0.2) is 13.1 Å². The molecule has 6 heteroatoms. The van der Waals surface area contributed by atoms with Gasteiger partial charge in [0.1, 0.15) is 0 Å². The molecule has 0 aliphatic heterocycles. The minimum absolute atomic E-state index is 0.186. The molecule has 0 aromatic carbocycles. The first-order valence-corrected chi connectivity index (χ1v) is 7.50. The first-order chi connectivity index (χ1) is 7.49. The fourth-order valence-corrected chi connectivity index (χ4v) is 2.37. The van der Waals surface area contributed by atoms with E-state index in [1.54, 1.807) is 0 Å². The molecule has 5 nitrogen and oxygen atoms in total. The van der Waals surface area contributed by atoms with Crippen LogP contribution in [0.5, 0.6) is 0 Å². The van der Waals surface area contributed by atoms with Crippen LogP contribution in [-0.4, -0.2) is 58.8 Å². The Bertz CT molecular complexity index is 286. The summed E-state index contributed by atoms with van der Waals surface area (Å²) < 4.78 is 25.6. The van der Waals surface area contributed by atoms with E-state index in [2.05, 4.69) is 10.0 Å². The van der Waals surface area contributed by atoms with E-state index in [1.165, 1.54) is 12.8 Å². The maximum atomic E-state index is 11.5. The first-order valence-electron chi connectivity index (χ1n) is 5.85. The zero-order valence-corrected chi connectivity index (χ0v) is 11.0. The molecule has 0 heterocycles. The van der Waals surface area contributed by atoms with Gasteiger partial charge in [-0.05, 0) is 39.9 Å². The van der Waals surface area contributed by atoms with Gasteiger partial charge in [0.2, 0.25) is 10.0 Å². The first kappa shape index (κ1) is 13.9. The van der Waals surface area contributed by atoms with Gasteiger partial charge in [-0.1, -0.05) is 0 Å². The van der Waals surface area contributed by atoms with E-state index >= 15 is 0 Å². The van der Waals surface area contributed by atoms with Crippen molar-refractivity contribution < 1.29 is 8.42 Å². The highest BCUT2D eigenvalue weighted by atomic mass is 32.2. The number of nitrogens with zero attached hydrogens (tertiary/aromatic N) is 1. The summed E-state index contributed by atoms with van der Waals surface area (Å²) in [7, 11) is 0.882. The van der Waals surface area contributed by atoms with Crippen LogP contribution >= 0.6 is 0 Å². The van der Waals surface area contributed by atoms with Gasteiger partial charge in [0.25, 0.3) is 0 Å². The number of rotatable bonds is 9. The third kappa shape index (κ3) is 7.16. The molecule has 1 rings (SSSR count). The molecule has 0 saturated heterocycles. The molecule has 1 fully saturated rings. The third-order valence-corrected chi connectivity index (χ3v) is 3.87. The van der Waals surface area contributed by atoms with Crippen molar-refractivity contribution in [3.8, 4) is 0 Å². The van der Waals surface area contributed by atoms with Crippen LogP contribution in [0, 0.1) is 0 Å². The third-order valence-electron chi connectivity index (χ3n) is 2.49. The van der Waals surface area contributed by atoms with Crippen molar-refractivity contribution in [1.29, 1.82) is 0 Å². The van der Waals surface area contributed by atoms with Gasteiger partial charge in [-0.15, -0.1) is 0 Å². The van der Waals surface area contributed by atoms with Gasteiger partial charge in [0.15, 0.2) is 0 Å². The SMILES string of the molecule is CN(C)CCCNS(=O)(=O)CCNC1CC1. The minimum Gasteiger partial charge on any atom is -0.313 e. The molecule has 0 amide bonds. The molecule has 16 heavy (non-hydrogen) atoms. The van der Waals surface area contributed by atoms with Crippen LogP contribution in [0.1, 0.15) is 19.3 Å². The topological polar surface area (TPSA) is 61.4 Å². The second-order valence-electron chi connectivity index (χ2n) is 4.60. The second kappa shape index (κ2) is 6.54. The van der Waals surface area contributed by atoms with E-state index in [0.717, 1.165) is 13.0 Å². The molecule has 2 N–H and O–H groups in total. The Balaban J connectivity index is 2.03. The summed E-state index contributed by atoms with van der Waals surface area (Å²) in [6, 6.07) is 0.573. The lowest BCUT2D eigenvalue weighted by Gasteiger charge is -2.10. The molecular weight excluding hydrogens is 226 g/mol. The molecule has 0 radical (unpaired) electrons. The summed E-state index contributed by atoms with van der Waals surface area (Å²) in [5.74, 6) is 0.186. The van der Waals surface area contributed by atoms with Gasteiger partial charge in [0.05, 0.1) is 5.75 Å². The summed E-state index contributed by atoms with van der Waals surface area (Å²) in [6.07, 6.45) is 3.23. The maximum Gasteiger partial charge on any atom is 0.212 e. The summed E-state index contributed by atoms with van der Waals surface area (Å²) in [6.45, 7) is 2.00. The van der Waals surface area contributed by atoms with E-state index in [-0.39, 0.29) is 5.75 Å². The van der Waals surface area contributed by atoms with Crippen molar-refractivity contribution in [1.82, 2.24) is 14.9 Å². The van der Waals surface area contributed by atoms with E-state index in [4.69, 9.17) is 0 Å². The number of nitrogens with one attached hydrogen (secondary N) is 2. The zero-order valence-electron chi connectivity index (χ0n) is 10.2. The molecule has 0 aromatic heterocycles. The Hall–Kier alpha value is -0.170. The van der Waals surface area contributed by atoms with Crippen LogP contribution in [-0.2, 0) is 10.0 Å². The summed E-state index contributed by atoms with van der Waals surface area (Å²) in [5.41, 5.74) is 0. The van der Waals surface area contributed by atoms with Crippen molar-refractivity contribution in [3.63, 3.8) is 0 Å². The number of hydrogen-bond donors (Lipinski definition) is 2. The quantitative estimate of drug-likeness (QED) is 0.546. The van der Waals surface area contributed by atoms with Gasteiger partial charge < -0.3 is 10.2 Å². The molecule has 0 bridgehead atoms. The standard InChI is InChI=1S/C10H23N3O2S/c1-13(2)8-3-6-12-16(14,15)9-7-11-10-4-5-10/h10-12H,3-9H2,1-2H3. The molecule has 0 unspecified atom stereocenters. The normalized spacial score (nSPS) is 16.9. The van der Waals surface area contributed by atoms with E-state index < -0.39 is 10.0 Å². The van der Waals surface area contributed by atoms with Crippen molar-refractivity contribution >= 4 is 10.0 Å². The van der Waals surface area contributed by atoms with Crippen LogP contribution < -0.4 is 10.0 Å². The van der Waals surface area contributed by atoms with E-state index in [9.17, 15) is 8.42 Å². The molecular formula is C10H23N3O2S. The van der Waals surface area contributed by atoms with Gasteiger partial charge in [-0.3, -0.25) is 0 Å². The molecule has 0 aromatic rings. The zero-order chi connectivity index (χ0) is 12.0. The lowest BCUT2D eigenvalue weighted by molar-refractivity contribution is 0.400. The van der Waals surface area contributed by atoms with Gasteiger partial charge in [0, 0.05) is 19.1 Å². The Kier molecular flexibility index (Phi) is 5.68. The fourth-order valence-electron chi connectivity index (χ4n) is 1.38. The van der Waals surface area contributed by atoms with Crippen LogP contribution in [0.25, 0.3) is 0 Å². The van der Waals surface area contributed by atoms with Crippen molar-refractivity contribution in [2.45, 2.75) is 25.3 Å². The largest absolute Gasteiger partial charge is 0.313 e. The Labute approximate surface area is 98.6 Å². The minimum atomic E-state index is -3.08. The highest BCUT2D eigenvalue weighted by Gasteiger charge is 2.20. The summed E-state index contributed by atoms with van der Waals surface area (Å²) >= 11 is 0. The van der Waals surface area contributed by atoms with Crippen LogP contribution in [0.15, 0.2) is 0 Å². The van der Waals surface area contributed by atoms with E-state index in [0.29, 0.717) is 19.1 Å². The van der Waals surface area contributed by atoms with Crippen molar-refractivity contribution in [2.24, 2.45) is 0 Å². The average molecular weight is 249 g/mol. The Morgan fingerprint density at radius 1 is 1.25 bits per heavy atom. The molecule has 0 atom stereocenters. The van der Waals surface area contributed by atoms with Crippen molar-refractivity contribution in [2.75, 3.05) is 39.5 Å². The smallest absolute Gasteiger partial charge is 0.212 e. The lowest BCUT2D eigenvalue weighted by Crippen LogP contribution is -2.34. The van der Waals surface area contributed by atoms with E-state index in [1.807, 2.05) is 19.0 Å². The molecule has 1 aliphatic rings. The predicted octanol–water partition coefficient (Wildman–Crippen LogP) is -0.390. The summed E-state index contributed by atoms with van der Waals surface area (Å²) in [5, 5.41) is 3.19. The van der Waals surface area contributed by atoms with Gasteiger partial charge in [-0.2, -0.15) is 0 Å². The Morgan fingerprint density at radius 2 is 1.94 bits per heavy atom. The highest BCUT2D eigenvalue weighted by Crippen LogP contribution is 2.17. The second-order valence-corrected chi connectivity index (χ2v) is 6.52. The lowest BCUT2D eigenvalue weighted by atomic mass is 10.4. The van der Waals surface area contributed by atoms with Crippen molar-refractivity contribution in [3.05, 3.63) is 0 Å². The molecule has 96 valence electrons. The maximum absolute atomic E-state index is 11.5. The van der Waals surface area contributed by atoms with Crippen LogP contribution in [0.2, 0.25) is 0 Å². The van der Waals surface area contributed by atoms with Crippen LogP contribution in [0.3, 0.4) is 0 Å². The Morgan fingerprint density at radius 3 is 2.50 bits per heavy atom. The number of sulfonamides is 1. The van der Waals surface area contributed by atoms with Gasteiger partial charge >= 0.3 is 0 Å². The molecule has 0 spiro atoms. The number of hydrogen-bond acceptors (Lipinski definition) is 4. The highest BCUT2D eigenvalue weighted by molar-refractivity contribution is 7.89.